The number of ketones is 1. The van der Waals surface area contributed by atoms with Crippen molar-refractivity contribution in [2.45, 2.75) is 78.7 Å². The van der Waals surface area contributed by atoms with Gasteiger partial charge in [-0.05, 0) is 181 Å². The van der Waals surface area contributed by atoms with E-state index in [1.165, 1.54) is 89.8 Å². The van der Waals surface area contributed by atoms with Crippen LogP contribution in [0, 0.1) is 100 Å². The number of amides is 6. The molecular formula is C91H107BClF9N14O13SUV-. The van der Waals surface area contributed by atoms with Crippen molar-refractivity contribution in [2.24, 2.45) is 5.73 Å². The van der Waals surface area contributed by atoms with Crippen molar-refractivity contribution < 1.29 is 150 Å². The van der Waals surface area contributed by atoms with Gasteiger partial charge >= 0.3 is 5.66 Å². The first kappa shape index (κ1) is 125. The van der Waals surface area contributed by atoms with Crippen molar-refractivity contribution in [3.63, 3.8) is 0 Å². The van der Waals surface area contributed by atoms with Crippen molar-refractivity contribution in [3.8, 4) is 17.2 Å². The molecule has 2 saturated carbocycles. The molecule has 13 N–H and O–H groups in total. The maximum absolute atomic E-state index is 13.8. The average molecular weight is 2150 g/mol. The van der Waals surface area contributed by atoms with E-state index in [9.17, 15) is 88.0 Å². The van der Waals surface area contributed by atoms with Gasteiger partial charge in [0.1, 0.15) is 75.4 Å². The Balaban J connectivity index is -0.000000347. The number of carbonyl (C=O) groups excluding carboxylic acids is 8. The van der Waals surface area contributed by atoms with Crippen LogP contribution in [0.1, 0.15) is 145 Å². The number of nitro benzene ring substituents is 1. The van der Waals surface area contributed by atoms with Crippen molar-refractivity contribution >= 4 is 115 Å². The van der Waals surface area contributed by atoms with Gasteiger partial charge in [-0.25, -0.2) is 52.8 Å². The molecule has 0 spiro atoms. The standard InChI is InChI=1S/2C16H17FN2O2.C13H14FN3O.C8H7F2NO.C8H7FN2O3.C8H9FN2O.C8H11NO.C7H3ClF2O.C4H6O.CH2N.2CH4.B.H2S.U.V.2H2/c1-18-16(20)14-8-5-12(9-15(14)17)19-10-11-3-6-13(21-2)7-4-11;1-18-16(20)14-8-5-12(17)9-15(14)19-10-11-3-6-13(21-2)7-4-11;1-15-12(18)10-5-4-9(8-11(10)14)17-13(16-2)6-3-7-13;1-11-8(12)6-3-2-5(9)4-7(6)10;1-10-8(12)6-3-2-5(11(13)14)4-7(6)9;1-11-8(12)6-3-2-5(10)4-7(6)9;1-10-8-4-2-7(6-9)3-5-8;8-7(11)5-2-1-4(9)3-6(5)10;5-4-2-1-3-4;1-2;;;;;;;;/h2*3-9,19H,10H2,1-2H3,(H,18,20);4-5,8,17H,3,6-7H2,1H3,(H,15,18);2-4H,1H3,(H,11,12);2-4H,1H3,(H,10,12);2-4H,10H2,1H3,(H,11,12);2-5H,6,9H2,1H3;1-3H;1-3H2;1H2;2*1H4;;1H2;;;2*1H/q;;;;;;;;;-1;;;;;;;;/i;;;;;;;;;;;;;;;;1+2;1+1. The Morgan fingerprint density at radius 2 is 0.795 bits per heavy atom. The van der Waals surface area contributed by atoms with Gasteiger partial charge in [0.05, 0.1) is 77.0 Å². The number of hydrogen-bond acceptors (Lipinski definition) is 18. The van der Waals surface area contributed by atoms with E-state index in [0.29, 0.717) is 71.9 Å². The number of ether oxygens (including phenoxy) is 3. The molecule has 10 aromatic rings. The predicted octanol–water partition coefficient (Wildman–Crippen LogP) is 17.2. The maximum atomic E-state index is 13.8. The van der Waals surface area contributed by atoms with Gasteiger partial charge in [-0.3, -0.25) is 53.3 Å². The van der Waals surface area contributed by atoms with Gasteiger partial charge in [0.2, 0.25) is 0 Å². The Morgan fingerprint density at radius 1 is 0.485 bits per heavy atom. The van der Waals surface area contributed by atoms with Gasteiger partial charge in [-0.1, -0.05) is 51.3 Å². The molecule has 2 aliphatic rings. The fraction of sp³-hybridized carbons (Fsp3) is 0.231. The van der Waals surface area contributed by atoms with Crippen molar-refractivity contribution in [1.29, 1.82) is 0 Å². The van der Waals surface area contributed by atoms with Crippen LogP contribution in [0.25, 0.3) is 10.3 Å². The molecule has 0 atom stereocenters. The van der Waals surface area contributed by atoms with Gasteiger partial charge in [0.15, 0.2) is 0 Å². The van der Waals surface area contributed by atoms with Crippen LogP contribution < -0.4 is 73.5 Å². The van der Waals surface area contributed by atoms with E-state index >= 15 is 0 Å². The minimum Gasteiger partial charge on any atom is -0.817 e. The number of Topliss-reactive ketones (excluding diaryl/α,β-unsaturated/α-hetero) is 1. The summed E-state index contributed by atoms with van der Waals surface area (Å²) in [4.78, 5) is 101. The summed E-state index contributed by atoms with van der Waals surface area (Å²) in [6.07, 6.45) is 5.39. The zero-order valence-corrected chi connectivity index (χ0v) is 79.0. The molecule has 0 aromatic heterocycles. The van der Waals surface area contributed by atoms with Crippen LogP contribution in [0.15, 0.2) is 200 Å². The van der Waals surface area contributed by atoms with E-state index in [-0.39, 0.29) is 140 Å². The largest absolute Gasteiger partial charge is 0.817 e. The van der Waals surface area contributed by atoms with Gasteiger partial charge in [0, 0.05) is 184 Å². The van der Waals surface area contributed by atoms with Crippen LogP contribution >= 0.6 is 25.1 Å². The number of non-ortho nitro benzene ring substituents is 1. The second-order valence-electron chi connectivity index (χ2n) is 25.7. The monoisotopic (exact) mass is 2140 g/mol. The second-order valence-corrected chi connectivity index (χ2v) is 26.0. The van der Waals surface area contributed by atoms with Crippen molar-refractivity contribution in [2.75, 3.05) is 85.3 Å². The fourth-order valence-corrected chi connectivity index (χ4v) is 10.3. The molecule has 132 heavy (non-hydrogen) atoms. The van der Waals surface area contributed by atoms with Crippen LogP contribution in [0.2, 0.25) is 0 Å². The zero-order chi connectivity index (χ0) is 94.2. The molecule has 0 aliphatic heterocycles. The third-order valence-electron chi connectivity index (χ3n) is 17.4. The van der Waals surface area contributed by atoms with E-state index < -0.39 is 91.9 Å². The molecule has 2 aliphatic carbocycles. The molecule has 12 rings (SSSR count). The van der Waals surface area contributed by atoms with E-state index in [1.54, 1.807) is 40.5 Å². The molecule has 2 fully saturated rings. The van der Waals surface area contributed by atoms with Crippen molar-refractivity contribution in [1.82, 2.24) is 31.9 Å². The minimum absolute atomic E-state index is 0. The van der Waals surface area contributed by atoms with Gasteiger partial charge < -0.3 is 78.9 Å². The molecule has 10 aromatic carbocycles. The number of benzene rings is 10. The number of nitrogens with two attached hydrogens (primary N) is 2. The first-order chi connectivity index (χ1) is 60.1. The number of hydrogen-bond donors (Lipinski definition) is 11. The van der Waals surface area contributed by atoms with Crippen LogP contribution in [0.4, 0.5) is 68.0 Å². The summed E-state index contributed by atoms with van der Waals surface area (Å²) < 4.78 is 132. The van der Waals surface area contributed by atoms with Crippen LogP contribution in [-0.2, 0) is 43.0 Å². The van der Waals surface area contributed by atoms with Gasteiger partial charge in [0.25, 0.3) is 46.4 Å². The number of nitro groups is 1. The van der Waals surface area contributed by atoms with Crippen molar-refractivity contribution in [3.05, 3.63) is 335 Å². The normalized spacial score (nSPS) is 10.6. The number of nitrogens with one attached hydrogen (secondary N) is 9. The van der Waals surface area contributed by atoms with E-state index in [4.69, 9.17) is 49.3 Å². The zero-order valence-electron chi connectivity index (χ0n) is 71.7. The molecule has 708 valence electrons. The summed E-state index contributed by atoms with van der Waals surface area (Å²) in [6.45, 7) is 11.0. The molecular weight excluding hydrogens is 2040 g/mol. The number of anilines is 4. The summed E-state index contributed by atoms with van der Waals surface area (Å²) in [6, 6.07) is 47.8. The quantitative estimate of drug-likeness (QED) is 0.00493. The number of carbonyl (C=O) groups is 8. The molecule has 41 heteroatoms. The van der Waals surface area contributed by atoms with Crippen LogP contribution in [0.3, 0.4) is 0 Å². The molecule has 0 unspecified atom stereocenters. The second kappa shape index (κ2) is 66.5. The Labute approximate surface area is 813 Å². The number of nitrogen functional groups attached to an aromatic ring is 1. The summed E-state index contributed by atoms with van der Waals surface area (Å²) in [5, 5.41) is 39.4. The molecule has 6 amide bonds. The summed E-state index contributed by atoms with van der Waals surface area (Å²) in [5.41, 5.74) is 14.6. The smallest absolute Gasteiger partial charge is 0.305 e. The van der Waals surface area contributed by atoms with Crippen LogP contribution in [0.5, 0.6) is 17.2 Å². The summed E-state index contributed by atoms with van der Waals surface area (Å²) in [5.74, 6) is -6.15. The molecule has 0 heterocycles. The molecule has 0 bridgehead atoms. The van der Waals surface area contributed by atoms with E-state index in [1.807, 2.05) is 72.8 Å². The third kappa shape index (κ3) is 42.8. The van der Waals surface area contributed by atoms with E-state index in [2.05, 4.69) is 59.4 Å². The SMILES string of the molecule is C.C.C=[N-].CNC(=O)c1ccc(F)cc1F.CNC(=O)c1ccc(F)cc1NCc1ccc(OC)cc1.CNC(=O)c1ccc(N)cc1F.CNC(=O)c1ccc(NCc2ccc(OC)cc2)cc1F.CNC(=O)c1ccc([N+](=O)[O-])cc1F.COc1ccc(CN)cc1.O=C(Cl)c1ccc(F)cc1F.O=C1CCC1.S.[2HH].[3HH].[B].[C-]#[N+]C1(Nc2ccc(C(=O)NC)c(F)c2)CCC1.[U].[V]. The average Bonchev–Trinajstić information content (AvgIpc) is 0.799. The summed E-state index contributed by atoms with van der Waals surface area (Å²) >= 11 is 4.96. The van der Waals surface area contributed by atoms with Gasteiger partial charge in [-0.15, -0.1) is 0 Å². The Kier molecular flexibility index (Phi) is 63.3. The third-order valence-corrected chi connectivity index (χ3v) is 17.6. The first-order valence-electron chi connectivity index (χ1n) is 37.5. The molecule has 0 saturated heterocycles. The summed E-state index contributed by atoms with van der Waals surface area (Å²) in [7, 11) is 13.5. The number of halogens is 10. The Morgan fingerprint density at radius 3 is 1.11 bits per heavy atom. The topological polar surface area (TPSA) is 394 Å². The predicted molar refractivity (Wildman–Crippen MR) is 498 cm³/mol. The number of methoxy groups -OCH3 is 3. The fourth-order valence-electron chi connectivity index (χ4n) is 10.1. The molecule has 27 nitrogen and oxygen atoms in total. The minimum atomic E-state index is -0.940. The Hall–Kier alpha value is -12.8. The number of rotatable bonds is 20. The van der Waals surface area contributed by atoms with Crippen LogP contribution in [-0.4, -0.2) is 136 Å². The maximum Gasteiger partial charge on any atom is 0.305 e. The van der Waals surface area contributed by atoms with E-state index in [0.717, 1.165) is 115 Å². The number of nitrogens with zero attached hydrogens (tertiary/aromatic N) is 3. The van der Waals surface area contributed by atoms with Gasteiger partial charge in [-0.2, -0.15) is 13.5 Å². The molecule has 4 radical (unpaired) electrons. The Bertz CT molecular complexity index is 5310. The first-order valence-corrected chi connectivity index (χ1v) is 37.8.